The highest BCUT2D eigenvalue weighted by molar-refractivity contribution is 6.02. The van der Waals surface area contributed by atoms with E-state index in [4.69, 9.17) is 0 Å². The third-order valence-electron chi connectivity index (χ3n) is 3.98. The summed E-state index contributed by atoms with van der Waals surface area (Å²) >= 11 is 0. The second-order valence-electron chi connectivity index (χ2n) is 5.86. The normalized spacial score (nSPS) is 10.8. The molecular formula is C19H15N5O2. The Kier molecular flexibility index (Phi) is 3.81. The lowest BCUT2D eigenvalue weighted by Crippen LogP contribution is -2.13. The summed E-state index contributed by atoms with van der Waals surface area (Å²) in [5.41, 5.74) is 4.00. The lowest BCUT2D eigenvalue weighted by atomic mass is 10.2. The first-order valence-corrected chi connectivity index (χ1v) is 7.98. The van der Waals surface area contributed by atoms with Crippen LogP contribution in [-0.2, 0) is 0 Å². The summed E-state index contributed by atoms with van der Waals surface area (Å²) in [7, 11) is 0. The zero-order valence-corrected chi connectivity index (χ0v) is 13.9. The molecular weight excluding hydrogens is 330 g/mol. The number of nitrogens with zero attached hydrogens (tertiary/aromatic N) is 4. The number of imidazole rings is 1. The summed E-state index contributed by atoms with van der Waals surface area (Å²) < 4.78 is 1.08. The van der Waals surface area contributed by atoms with Gasteiger partial charge in [0.25, 0.3) is 5.91 Å². The third-order valence-corrected chi connectivity index (χ3v) is 3.98. The van der Waals surface area contributed by atoms with Gasteiger partial charge in [-0.2, -0.15) is 4.73 Å². The van der Waals surface area contributed by atoms with Crippen molar-refractivity contribution in [1.29, 1.82) is 0 Å². The first-order valence-electron chi connectivity index (χ1n) is 7.98. The Morgan fingerprint density at radius 2 is 1.92 bits per heavy atom. The molecule has 4 rings (SSSR count). The van der Waals surface area contributed by atoms with Gasteiger partial charge in [-0.3, -0.25) is 9.78 Å². The van der Waals surface area contributed by atoms with Gasteiger partial charge < -0.3 is 10.5 Å². The lowest BCUT2D eigenvalue weighted by molar-refractivity contribution is 0.102. The number of aryl methyl sites for hydroxylation is 1. The first-order chi connectivity index (χ1) is 12.6. The fourth-order valence-electron chi connectivity index (χ4n) is 2.67. The molecule has 0 aliphatic carbocycles. The van der Waals surface area contributed by atoms with Gasteiger partial charge in [-0.25, -0.2) is 9.97 Å². The van der Waals surface area contributed by atoms with E-state index in [1.807, 2.05) is 25.1 Å². The minimum absolute atomic E-state index is 0.240. The van der Waals surface area contributed by atoms with Gasteiger partial charge in [0.15, 0.2) is 5.82 Å². The Morgan fingerprint density at radius 3 is 2.65 bits per heavy atom. The Hall–Kier alpha value is -3.74. The first kappa shape index (κ1) is 15.8. The molecule has 26 heavy (non-hydrogen) atoms. The van der Waals surface area contributed by atoms with Crippen LogP contribution in [0.25, 0.3) is 22.4 Å². The molecule has 1 amide bonds. The molecule has 0 atom stereocenters. The van der Waals surface area contributed by atoms with E-state index >= 15 is 0 Å². The van der Waals surface area contributed by atoms with E-state index in [2.05, 4.69) is 20.3 Å². The summed E-state index contributed by atoms with van der Waals surface area (Å²) in [4.78, 5) is 24.4. The van der Waals surface area contributed by atoms with Gasteiger partial charge in [0, 0.05) is 23.6 Å². The number of fused-ring (bicyclic) bond motifs is 1. The fourth-order valence-corrected chi connectivity index (χ4v) is 2.67. The Balaban J connectivity index is 1.60. The van der Waals surface area contributed by atoms with Crippen molar-refractivity contribution in [3.63, 3.8) is 0 Å². The van der Waals surface area contributed by atoms with E-state index in [0.717, 1.165) is 15.9 Å². The maximum atomic E-state index is 12.1. The second-order valence-corrected chi connectivity index (χ2v) is 5.86. The molecule has 0 spiro atoms. The van der Waals surface area contributed by atoms with E-state index in [1.54, 1.807) is 24.3 Å². The van der Waals surface area contributed by atoms with Crippen LogP contribution in [0.4, 0.5) is 5.69 Å². The molecule has 7 nitrogen and oxygen atoms in total. The Morgan fingerprint density at radius 1 is 1.12 bits per heavy atom. The monoisotopic (exact) mass is 345 g/mol. The molecule has 0 bridgehead atoms. The van der Waals surface area contributed by atoms with Crippen LogP contribution in [0.2, 0.25) is 0 Å². The zero-order valence-electron chi connectivity index (χ0n) is 13.9. The predicted octanol–water partition coefficient (Wildman–Crippen LogP) is 3.29. The van der Waals surface area contributed by atoms with Gasteiger partial charge in [-0.1, -0.05) is 6.07 Å². The molecule has 2 N–H and O–H groups in total. The number of rotatable bonds is 3. The van der Waals surface area contributed by atoms with Crippen LogP contribution < -0.4 is 5.32 Å². The number of nitrogens with one attached hydrogen (secondary N) is 1. The van der Waals surface area contributed by atoms with Crippen LogP contribution in [0.3, 0.4) is 0 Å². The van der Waals surface area contributed by atoms with Crippen LogP contribution in [-0.4, -0.2) is 30.8 Å². The molecule has 2 aromatic carbocycles. The molecule has 2 aromatic heterocycles. The lowest BCUT2D eigenvalue weighted by Gasteiger charge is -2.06. The maximum Gasteiger partial charge on any atom is 0.275 e. The van der Waals surface area contributed by atoms with E-state index in [1.165, 1.54) is 18.6 Å². The number of anilines is 1. The van der Waals surface area contributed by atoms with Gasteiger partial charge in [-0.05, 0) is 48.9 Å². The summed E-state index contributed by atoms with van der Waals surface area (Å²) in [5, 5.41) is 13.2. The van der Waals surface area contributed by atoms with E-state index in [9.17, 15) is 10.0 Å². The third kappa shape index (κ3) is 2.86. The van der Waals surface area contributed by atoms with E-state index in [-0.39, 0.29) is 11.6 Å². The van der Waals surface area contributed by atoms with Crippen LogP contribution in [0.5, 0.6) is 0 Å². The number of benzene rings is 2. The van der Waals surface area contributed by atoms with Crippen molar-refractivity contribution < 1.29 is 10.0 Å². The maximum absolute atomic E-state index is 12.1. The fraction of sp³-hybridized carbons (Fsp3) is 0.0526. The number of carbonyl (C=O) groups excluding carboxylic acids is 1. The predicted molar refractivity (Wildman–Crippen MR) is 97.1 cm³/mol. The molecule has 0 saturated heterocycles. The van der Waals surface area contributed by atoms with Crippen LogP contribution in [0.1, 0.15) is 16.1 Å². The second kappa shape index (κ2) is 6.29. The molecule has 0 aliphatic heterocycles. The molecule has 2 heterocycles. The number of amides is 1. The molecule has 7 heteroatoms. The number of hydrogen-bond acceptors (Lipinski definition) is 5. The quantitative estimate of drug-likeness (QED) is 0.556. The van der Waals surface area contributed by atoms with Crippen LogP contribution in [0, 0.1) is 6.92 Å². The summed E-state index contributed by atoms with van der Waals surface area (Å²) in [5.74, 6) is 0.105. The highest BCUT2D eigenvalue weighted by Crippen LogP contribution is 2.25. The van der Waals surface area contributed by atoms with Crippen LogP contribution in [0.15, 0.2) is 61.1 Å². The van der Waals surface area contributed by atoms with Gasteiger partial charge in [0.2, 0.25) is 0 Å². The average molecular weight is 345 g/mol. The summed E-state index contributed by atoms with van der Waals surface area (Å²) in [6, 6.07) is 12.8. The summed E-state index contributed by atoms with van der Waals surface area (Å²) in [6.07, 6.45) is 4.37. The minimum Gasteiger partial charge on any atom is -0.426 e. The van der Waals surface area contributed by atoms with E-state index < -0.39 is 0 Å². The van der Waals surface area contributed by atoms with Crippen molar-refractivity contribution in [1.82, 2.24) is 19.7 Å². The standard InChI is InChI=1S/C19H15N5O2/c1-12-2-7-15-17(10-12)24(26)18(23-15)13-3-5-14(6-4-13)22-19(25)16-11-20-8-9-21-16/h2-11,26H,1H3,(H,22,25). The number of carbonyl (C=O) groups is 1. The van der Waals surface area contributed by atoms with Gasteiger partial charge in [0.05, 0.1) is 11.7 Å². The van der Waals surface area contributed by atoms with Crippen molar-refractivity contribution in [3.8, 4) is 11.4 Å². The molecule has 0 unspecified atom stereocenters. The largest absolute Gasteiger partial charge is 0.426 e. The Bertz CT molecular complexity index is 1090. The van der Waals surface area contributed by atoms with Crippen molar-refractivity contribution >= 4 is 22.6 Å². The number of aromatic nitrogens is 4. The van der Waals surface area contributed by atoms with Crippen molar-refractivity contribution in [2.75, 3.05) is 5.32 Å². The molecule has 0 saturated carbocycles. The molecule has 128 valence electrons. The number of hydrogen-bond donors (Lipinski definition) is 2. The van der Waals surface area contributed by atoms with Crippen LogP contribution >= 0.6 is 0 Å². The minimum atomic E-state index is -0.337. The summed E-state index contributed by atoms with van der Waals surface area (Å²) in [6.45, 7) is 1.96. The van der Waals surface area contributed by atoms with Gasteiger partial charge in [0.1, 0.15) is 11.2 Å². The van der Waals surface area contributed by atoms with Crippen molar-refractivity contribution in [3.05, 3.63) is 72.3 Å². The molecule has 0 radical (unpaired) electrons. The average Bonchev–Trinajstić information content (AvgIpc) is 2.99. The SMILES string of the molecule is Cc1ccc2nc(-c3ccc(NC(=O)c4cnccn4)cc3)n(O)c2c1. The smallest absolute Gasteiger partial charge is 0.275 e. The van der Waals surface area contributed by atoms with Gasteiger partial charge in [-0.15, -0.1) is 0 Å². The van der Waals surface area contributed by atoms with E-state index in [0.29, 0.717) is 22.5 Å². The topological polar surface area (TPSA) is 92.9 Å². The molecule has 0 aliphatic rings. The highest BCUT2D eigenvalue weighted by Gasteiger charge is 2.13. The van der Waals surface area contributed by atoms with Crippen molar-refractivity contribution in [2.45, 2.75) is 6.92 Å². The Labute approximate surface area is 148 Å². The molecule has 0 fully saturated rings. The van der Waals surface area contributed by atoms with Crippen molar-refractivity contribution in [2.24, 2.45) is 0 Å². The molecule has 4 aromatic rings. The highest BCUT2D eigenvalue weighted by atomic mass is 16.5. The van der Waals surface area contributed by atoms with Gasteiger partial charge >= 0.3 is 0 Å². The zero-order chi connectivity index (χ0) is 18.1.